The van der Waals surface area contributed by atoms with Crippen molar-refractivity contribution in [2.24, 2.45) is 0 Å². The Morgan fingerprint density at radius 1 is 0.750 bits per heavy atom. The quantitative estimate of drug-likeness (QED) is 0.842. The van der Waals surface area contributed by atoms with Crippen LogP contribution in [0.1, 0.15) is 20.7 Å². The van der Waals surface area contributed by atoms with Gasteiger partial charge in [-0.15, -0.1) is 0 Å². The molecule has 2 aromatic rings. The zero-order valence-corrected chi connectivity index (χ0v) is 13.2. The van der Waals surface area contributed by atoms with Crippen molar-refractivity contribution in [1.29, 1.82) is 0 Å². The highest BCUT2D eigenvalue weighted by atomic mass is 16.5. The Hall–Kier alpha value is -3.35. The number of amides is 2. The van der Waals surface area contributed by atoms with E-state index >= 15 is 0 Å². The number of nitrogens with one attached hydrogen (secondary N) is 2. The summed E-state index contributed by atoms with van der Waals surface area (Å²) < 4.78 is 9.23. The lowest BCUT2D eigenvalue weighted by Gasteiger charge is -2.09. The minimum atomic E-state index is -0.488. The summed E-state index contributed by atoms with van der Waals surface area (Å²) in [4.78, 5) is 34.8. The average Bonchev–Trinajstić information content (AvgIpc) is 2.61. The summed E-state index contributed by atoms with van der Waals surface area (Å²) in [6.07, 6.45) is 0. The van der Waals surface area contributed by atoms with E-state index in [1.807, 2.05) is 0 Å². The van der Waals surface area contributed by atoms with Crippen molar-refractivity contribution in [3.8, 4) is 0 Å². The molecule has 0 saturated carbocycles. The number of anilines is 2. The largest absolute Gasteiger partial charge is 0.465 e. The van der Waals surface area contributed by atoms with Crippen LogP contribution in [-0.4, -0.2) is 32.2 Å². The molecular weight excluding hydrogens is 312 g/mol. The summed E-state index contributed by atoms with van der Waals surface area (Å²) >= 11 is 0. The van der Waals surface area contributed by atoms with Crippen molar-refractivity contribution >= 4 is 29.3 Å². The highest BCUT2D eigenvalue weighted by molar-refractivity contribution is 6.01. The summed E-state index contributed by atoms with van der Waals surface area (Å²) in [5.74, 6) is -0.942. The van der Waals surface area contributed by atoms with Crippen molar-refractivity contribution in [3.63, 3.8) is 0 Å². The molecule has 0 aliphatic rings. The van der Waals surface area contributed by atoms with E-state index in [0.717, 1.165) is 0 Å². The molecular formula is C17H16N2O5. The zero-order chi connectivity index (χ0) is 17.5. The number of carbonyl (C=O) groups is 3. The van der Waals surface area contributed by atoms with Crippen molar-refractivity contribution < 1.29 is 23.9 Å². The molecule has 0 saturated heterocycles. The van der Waals surface area contributed by atoms with Gasteiger partial charge in [0.2, 0.25) is 0 Å². The van der Waals surface area contributed by atoms with Crippen LogP contribution in [-0.2, 0) is 9.47 Å². The average molecular weight is 328 g/mol. The van der Waals surface area contributed by atoms with Crippen LogP contribution >= 0.6 is 0 Å². The summed E-state index contributed by atoms with van der Waals surface area (Å²) in [7, 11) is 2.58. The number of hydrogen-bond donors (Lipinski definition) is 2. The molecule has 0 aliphatic heterocycles. The number of urea groups is 1. The summed E-state index contributed by atoms with van der Waals surface area (Å²) in [6, 6.07) is 12.1. The Labute approximate surface area is 138 Å². The standard InChI is InChI=1S/C17H16N2O5/c1-23-15(20)11-6-8-13(9-7-11)18-17(22)19-14-5-3-4-12(10-14)16(21)24-2/h3-10H,1-2H3,(H2,18,19,22). The van der Waals surface area contributed by atoms with Crippen LogP contribution in [0.2, 0.25) is 0 Å². The fourth-order valence-corrected chi connectivity index (χ4v) is 1.94. The fourth-order valence-electron chi connectivity index (χ4n) is 1.94. The van der Waals surface area contributed by atoms with Crippen molar-refractivity contribution in [2.45, 2.75) is 0 Å². The second-order valence-electron chi connectivity index (χ2n) is 4.72. The van der Waals surface area contributed by atoms with Gasteiger partial charge in [0.15, 0.2) is 0 Å². The molecule has 0 aliphatic carbocycles. The molecule has 0 bridgehead atoms. The van der Waals surface area contributed by atoms with Gasteiger partial charge in [0.25, 0.3) is 0 Å². The lowest BCUT2D eigenvalue weighted by molar-refractivity contribution is 0.0592. The predicted octanol–water partition coefficient (Wildman–Crippen LogP) is 2.90. The highest BCUT2D eigenvalue weighted by Crippen LogP contribution is 2.14. The normalized spacial score (nSPS) is 9.75. The Bertz CT molecular complexity index is 756. The van der Waals surface area contributed by atoms with E-state index < -0.39 is 18.0 Å². The zero-order valence-electron chi connectivity index (χ0n) is 13.2. The van der Waals surface area contributed by atoms with Gasteiger partial charge in [0, 0.05) is 11.4 Å². The van der Waals surface area contributed by atoms with Gasteiger partial charge >= 0.3 is 18.0 Å². The van der Waals surface area contributed by atoms with Crippen molar-refractivity contribution in [1.82, 2.24) is 0 Å². The van der Waals surface area contributed by atoms with Gasteiger partial charge in [-0.3, -0.25) is 0 Å². The minimum absolute atomic E-state index is 0.331. The first kappa shape index (κ1) is 17.0. The molecule has 24 heavy (non-hydrogen) atoms. The van der Waals surface area contributed by atoms with E-state index in [4.69, 9.17) is 0 Å². The molecule has 2 N–H and O–H groups in total. The van der Waals surface area contributed by atoms with Crippen LogP contribution in [0.5, 0.6) is 0 Å². The number of benzene rings is 2. The van der Waals surface area contributed by atoms with E-state index in [9.17, 15) is 14.4 Å². The molecule has 0 heterocycles. The fraction of sp³-hybridized carbons (Fsp3) is 0.118. The van der Waals surface area contributed by atoms with Gasteiger partial charge in [-0.1, -0.05) is 6.07 Å². The van der Waals surface area contributed by atoms with Crippen LogP contribution in [0, 0.1) is 0 Å². The molecule has 7 heteroatoms. The van der Waals surface area contributed by atoms with Crippen LogP contribution in [0.15, 0.2) is 48.5 Å². The maximum atomic E-state index is 12.0. The maximum absolute atomic E-state index is 12.0. The number of rotatable bonds is 4. The van der Waals surface area contributed by atoms with Gasteiger partial charge in [-0.2, -0.15) is 0 Å². The lowest BCUT2D eigenvalue weighted by atomic mass is 10.2. The number of methoxy groups -OCH3 is 2. The van der Waals surface area contributed by atoms with Gasteiger partial charge < -0.3 is 20.1 Å². The summed E-state index contributed by atoms with van der Waals surface area (Å²) in [6.45, 7) is 0. The Kier molecular flexibility index (Phi) is 5.51. The molecule has 7 nitrogen and oxygen atoms in total. The topological polar surface area (TPSA) is 93.7 Å². The molecule has 0 aromatic heterocycles. The SMILES string of the molecule is COC(=O)c1ccc(NC(=O)Nc2cccc(C(=O)OC)c2)cc1. The molecule has 0 spiro atoms. The highest BCUT2D eigenvalue weighted by Gasteiger charge is 2.09. The van der Waals surface area contributed by atoms with E-state index in [-0.39, 0.29) is 0 Å². The maximum Gasteiger partial charge on any atom is 0.337 e. The van der Waals surface area contributed by atoms with E-state index in [1.54, 1.807) is 42.5 Å². The van der Waals surface area contributed by atoms with E-state index in [1.165, 1.54) is 20.3 Å². The minimum Gasteiger partial charge on any atom is -0.465 e. The monoisotopic (exact) mass is 328 g/mol. The second kappa shape index (κ2) is 7.77. The van der Waals surface area contributed by atoms with Gasteiger partial charge in [0.05, 0.1) is 25.3 Å². The van der Waals surface area contributed by atoms with E-state index in [2.05, 4.69) is 20.1 Å². The van der Waals surface area contributed by atoms with Crippen molar-refractivity contribution in [3.05, 3.63) is 59.7 Å². The van der Waals surface area contributed by atoms with Crippen molar-refractivity contribution in [2.75, 3.05) is 24.9 Å². The first-order valence-electron chi connectivity index (χ1n) is 6.98. The Morgan fingerprint density at radius 3 is 1.96 bits per heavy atom. The first-order chi connectivity index (χ1) is 11.5. The number of ether oxygens (including phenoxy) is 2. The molecule has 0 atom stereocenters. The third-order valence-electron chi connectivity index (χ3n) is 3.11. The molecule has 0 unspecified atom stereocenters. The molecule has 2 aromatic carbocycles. The van der Waals surface area contributed by atoms with Crippen LogP contribution in [0.3, 0.4) is 0 Å². The number of esters is 2. The second-order valence-corrected chi connectivity index (χ2v) is 4.72. The smallest absolute Gasteiger partial charge is 0.337 e. The van der Waals surface area contributed by atoms with Crippen LogP contribution < -0.4 is 10.6 Å². The summed E-state index contributed by atoms with van der Waals surface area (Å²) in [5, 5.41) is 5.23. The Morgan fingerprint density at radius 2 is 1.33 bits per heavy atom. The van der Waals surface area contributed by atoms with Gasteiger partial charge in [-0.05, 0) is 42.5 Å². The number of carbonyl (C=O) groups excluding carboxylic acids is 3. The van der Waals surface area contributed by atoms with Gasteiger partial charge in [0.1, 0.15) is 0 Å². The first-order valence-corrected chi connectivity index (χ1v) is 6.98. The third-order valence-corrected chi connectivity index (χ3v) is 3.11. The van der Waals surface area contributed by atoms with E-state index in [0.29, 0.717) is 22.5 Å². The molecule has 124 valence electrons. The van der Waals surface area contributed by atoms with Crippen LogP contribution in [0.4, 0.5) is 16.2 Å². The van der Waals surface area contributed by atoms with Crippen LogP contribution in [0.25, 0.3) is 0 Å². The van der Waals surface area contributed by atoms with Gasteiger partial charge in [-0.25, -0.2) is 14.4 Å². The lowest BCUT2D eigenvalue weighted by Crippen LogP contribution is -2.19. The predicted molar refractivity (Wildman–Crippen MR) is 88.2 cm³/mol. The molecule has 0 radical (unpaired) electrons. The molecule has 2 amide bonds. The molecule has 0 fully saturated rings. The molecule has 2 rings (SSSR count). The number of hydrogen-bond acceptors (Lipinski definition) is 5. The Balaban J connectivity index is 2.00. The third kappa shape index (κ3) is 4.33. The summed E-state index contributed by atoms with van der Waals surface area (Å²) in [5.41, 5.74) is 1.66.